The second-order valence-corrected chi connectivity index (χ2v) is 11.1. The molecule has 2 heteroatoms. The fourth-order valence-corrected chi connectivity index (χ4v) is 6.43. The molecule has 1 aromatic heterocycles. The molecule has 0 saturated carbocycles. The summed E-state index contributed by atoms with van der Waals surface area (Å²) in [6, 6.07) is 43.5. The number of rotatable bonds is 2. The monoisotopic (exact) mass is 498 g/mol. The third-order valence-corrected chi connectivity index (χ3v) is 8.46. The first-order chi connectivity index (χ1) is 19.1. The Labute approximate surface area is 227 Å². The number of hydrogen-bond donors (Lipinski definition) is 0. The van der Waals surface area contributed by atoms with Gasteiger partial charge in [-0.15, -0.1) is 0 Å². The van der Waals surface area contributed by atoms with E-state index < -0.39 is 0 Å². The number of benzene rings is 6. The zero-order valence-electron chi connectivity index (χ0n) is 21.9. The smallest absolute Gasteiger partial charge is 0.160 e. The van der Waals surface area contributed by atoms with Gasteiger partial charge in [-0.3, -0.25) is 0 Å². The van der Waals surface area contributed by atoms with Crippen molar-refractivity contribution in [3.63, 3.8) is 0 Å². The molecule has 184 valence electrons. The quantitative estimate of drug-likeness (QED) is 0.222. The summed E-state index contributed by atoms with van der Waals surface area (Å²) in [5.74, 6) is 0.761. The van der Waals surface area contributed by atoms with E-state index in [1.807, 2.05) is 0 Å². The molecule has 1 aliphatic rings. The minimum absolute atomic E-state index is 0.0667. The second-order valence-electron chi connectivity index (χ2n) is 11.1. The Morgan fingerprint density at radius 2 is 1.18 bits per heavy atom. The molecule has 1 heterocycles. The molecule has 0 bridgehead atoms. The van der Waals surface area contributed by atoms with Crippen LogP contribution in [0, 0.1) is 0 Å². The molecule has 0 radical (unpaired) electrons. The topological polar surface area (TPSA) is 25.8 Å². The first kappa shape index (κ1) is 22.2. The van der Waals surface area contributed by atoms with Crippen LogP contribution in [-0.2, 0) is 5.41 Å². The van der Waals surface area contributed by atoms with Crippen LogP contribution in [0.4, 0.5) is 0 Å². The maximum absolute atomic E-state index is 5.22. The molecule has 1 aliphatic carbocycles. The van der Waals surface area contributed by atoms with Gasteiger partial charge in [0.1, 0.15) is 0 Å². The van der Waals surface area contributed by atoms with E-state index in [4.69, 9.17) is 9.97 Å². The fraction of sp³-hybridized carbons (Fsp3) is 0.0811. The highest BCUT2D eigenvalue weighted by Gasteiger charge is 2.35. The normalized spacial score (nSPS) is 13.6. The van der Waals surface area contributed by atoms with Crippen LogP contribution in [-0.4, -0.2) is 9.97 Å². The summed E-state index contributed by atoms with van der Waals surface area (Å²) < 4.78 is 0. The van der Waals surface area contributed by atoms with E-state index in [2.05, 4.69) is 135 Å². The number of hydrogen-bond acceptors (Lipinski definition) is 2. The van der Waals surface area contributed by atoms with E-state index in [1.54, 1.807) is 0 Å². The molecule has 0 spiro atoms. The van der Waals surface area contributed by atoms with Crippen LogP contribution in [0.2, 0.25) is 0 Å². The molecule has 7 aromatic rings. The van der Waals surface area contributed by atoms with Gasteiger partial charge in [-0.25, -0.2) is 9.97 Å². The predicted octanol–water partition coefficient (Wildman–Crippen LogP) is 9.58. The van der Waals surface area contributed by atoms with Crippen molar-refractivity contribution < 1.29 is 0 Å². The number of aromatic nitrogens is 2. The predicted molar refractivity (Wildman–Crippen MR) is 163 cm³/mol. The van der Waals surface area contributed by atoms with Crippen LogP contribution < -0.4 is 0 Å². The van der Waals surface area contributed by atoms with Gasteiger partial charge in [-0.1, -0.05) is 117 Å². The van der Waals surface area contributed by atoms with Crippen molar-refractivity contribution in [2.75, 3.05) is 0 Å². The van der Waals surface area contributed by atoms with Crippen molar-refractivity contribution >= 4 is 32.4 Å². The Morgan fingerprint density at radius 1 is 0.487 bits per heavy atom. The lowest BCUT2D eigenvalue weighted by Gasteiger charge is -2.21. The minimum atomic E-state index is -0.0667. The molecule has 2 nitrogen and oxygen atoms in total. The Hall–Kier alpha value is -4.82. The third-order valence-electron chi connectivity index (χ3n) is 8.46. The van der Waals surface area contributed by atoms with Crippen LogP contribution in [0.25, 0.3) is 66.2 Å². The van der Waals surface area contributed by atoms with Crippen LogP contribution in [0.1, 0.15) is 25.0 Å². The highest BCUT2D eigenvalue weighted by atomic mass is 14.9. The SMILES string of the molecule is CC1(C)c2ccccc2-c2ccc(-c3nc(-c4ccc5c(ccc6ccccc65)c4)c4ccccc4n3)cc21. The summed E-state index contributed by atoms with van der Waals surface area (Å²) >= 11 is 0. The van der Waals surface area contributed by atoms with Crippen molar-refractivity contribution in [2.24, 2.45) is 0 Å². The Bertz CT molecular complexity index is 2100. The summed E-state index contributed by atoms with van der Waals surface area (Å²) in [5.41, 5.74) is 9.35. The summed E-state index contributed by atoms with van der Waals surface area (Å²) in [6.07, 6.45) is 0. The first-order valence-corrected chi connectivity index (χ1v) is 13.5. The van der Waals surface area contributed by atoms with Gasteiger partial charge in [0, 0.05) is 21.9 Å². The van der Waals surface area contributed by atoms with Gasteiger partial charge < -0.3 is 0 Å². The average molecular weight is 499 g/mol. The summed E-state index contributed by atoms with van der Waals surface area (Å²) in [5, 5.41) is 6.07. The van der Waals surface area contributed by atoms with E-state index in [9.17, 15) is 0 Å². The maximum atomic E-state index is 5.22. The molecule has 39 heavy (non-hydrogen) atoms. The van der Waals surface area contributed by atoms with Crippen molar-refractivity contribution in [3.05, 3.63) is 132 Å². The molecule has 0 fully saturated rings. The Kier molecular flexibility index (Phi) is 4.60. The van der Waals surface area contributed by atoms with Crippen LogP contribution in [0.5, 0.6) is 0 Å². The molecule has 8 rings (SSSR count). The zero-order valence-corrected chi connectivity index (χ0v) is 21.9. The van der Waals surface area contributed by atoms with Crippen molar-refractivity contribution in [3.8, 4) is 33.8 Å². The lowest BCUT2D eigenvalue weighted by molar-refractivity contribution is 0.660. The summed E-state index contributed by atoms with van der Waals surface area (Å²) in [4.78, 5) is 10.3. The number of nitrogens with zero attached hydrogens (tertiary/aromatic N) is 2. The van der Waals surface area contributed by atoms with Crippen molar-refractivity contribution in [1.29, 1.82) is 0 Å². The molecule has 0 aliphatic heterocycles. The van der Waals surface area contributed by atoms with Crippen LogP contribution in [0.3, 0.4) is 0 Å². The Balaban J connectivity index is 1.32. The lowest BCUT2D eigenvalue weighted by Crippen LogP contribution is -2.15. The fourth-order valence-electron chi connectivity index (χ4n) is 6.43. The average Bonchev–Trinajstić information content (AvgIpc) is 3.22. The molecular weight excluding hydrogens is 472 g/mol. The van der Waals surface area contributed by atoms with Gasteiger partial charge in [0.25, 0.3) is 0 Å². The highest BCUT2D eigenvalue weighted by Crippen LogP contribution is 2.49. The van der Waals surface area contributed by atoms with E-state index in [1.165, 1.54) is 43.8 Å². The van der Waals surface area contributed by atoms with E-state index in [0.717, 1.165) is 33.5 Å². The second kappa shape index (κ2) is 8.09. The van der Waals surface area contributed by atoms with Gasteiger partial charge in [0.15, 0.2) is 5.82 Å². The van der Waals surface area contributed by atoms with Gasteiger partial charge in [-0.2, -0.15) is 0 Å². The van der Waals surface area contributed by atoms with Gasteiger partial charge >= 0.3 is 0 Å². The summed E-state index contributed by atoms with van der Waals surface area (Å²) in [6.45, 7) is 4.62. The molecule has 0 unspecified atom stereocenters. The van der Waals surface area contributed by atoms with Crippen molar-refractivity contribution in [1.82, 2.24) is 9.97 Å². The first-order valence-electron chi connectivity index (χ1n) is 13.5. The Morgan fingerprint density at radius 3 is 2.10 bits per heavy atom. The highest BCUT2D eigenvalue weighted by molar-refractivity contribution is 6.09. The van der Waals surface area contributed by atoms with E-state index >= 15 is 0 Å². The molecule has 6 aromatic carbocycles. The molecule has 0 atom stereocenters. The van der Waals surface area contributed by atoms with E-state index in [-0.39, 0.29) is 5.41 Å². The van der Waals surface area contributed by atoms with Crippen LogP contribution >= 0.6 is 0 Å². The largest absolute Gasteiger partial charge is 0.228 e. The standard InChI is InChI=1S/C37H26N2/c1-37(2)32-13-7-5-11-29(32)30-20-18-26(22-33(30)37)36-38-34-14-8-6-12-31(34)35(39-36)25-17-19-28-24(21-25)16-15-23-9-3-4-10-27(23)28/h3-22H,1-2H3. The maximum Gasteiger partial charge on any atom is 0.160 e. The van der Waals surface area contributed by atoms with Gasteiger partial charge in [-0.05, 0) is 62.0 Å². The van der Waals surface area contributed by atoms with Crippen LogP contribution in [0.15, 0.2) is 121 Å². The lowest BCUT2D eigenvalue weighted by atomic mass is 9.82. The molecule has 0 saturated heterocycles. The number of para-hydroxylation sites is 1. The minimum Gasteiger partial charge on any atom is -0.228 e. The van der Waals surface area contributed by atoms with Gasteiger partial charge in [0.2, 0.25) is 0 Å². The summed E-state index contributed by atoms with van der Waals surface area (Å²) in [7, 11) is 0. The zero-order chi connectivity index (χ0) is 26.1. The van der Waals surface area contributed by atoms with Crippen molar-refractivity contribution in [2.45, 2.75) is 19.3 Å². The van der Waals surface area contributed by atoms with Gasteiger partial charge in [0.05, 0.1) is 11.2 Å². The third kappa shape index (κ3) is 3.28. The number of fused-ring (bicyclic) bond motifs is 7. The molecule has 0 N–H and O–H groups in total. The molecular formula is C37H26N2. The molecule has 0 amide bonds. The van der Waals surface area contributed by atoms with E-state index in [0.29, 0.717) is 0 Å².